The van der Waals surface area contributed by atoms with Crippen LogP contribution >= 0.6 is 0 Å². The maximum absolute atomic E-state index is 12.5. The highest BCUT2D eigenvalue weighted by Gasteiger charge is 2.53. The molecule has 1 aliphatic rings. The van der Waals surface area contributed by atoms with Crippen LogP contribution in [0.3, 0.4) is 0 Å². The van der Waals surface area contributed by atoms with Gasteiger partial charge in [-0.1, -0.05) is 3.89 Å². The lowest BCUT2D eigenvalue weighted by Crippen LogP contribution is -2.35. The molecule has 0 spiro atoms. The number of carbonyl (C=O) groups is 1. The number of nitrogens with zero attached hydrogens (tertiary/aromatic N) is 4. The molecule has 0 atom stereocenters. The van der Waals surface area contributed by atoms with E-state index in [9.17, 15) is 17.1 Å². The first-order valence-electron chi connectivity index (χ1n) is 6.16. The third-order valence-corrected chi connectivity index (χ3v) is 3.51. The topological polar surface area (TPSA) is 116 Å². The maximum atomic E-state index is 12.5. The van der Waals surface area contributed by atoms with Gasteiger partial charge in [0.25, 0.3) is 5.91 Å². The summed E-state index contributed by atoms with van der Waals surface area (Å²) in [6, 6.07) is 1.15. The summed E-state index contributed by atoms with van der Waals surface area (Å²) in [5.41, 5.74) is -0.684. The fourth-order valence-electron chi connectivity index (χ4n) is 1.97. The summed E-state index contributed by atoms with van der Waals surface area (Å²) in [6.45, 7) is 0. The van der Waals surface area contributed by atoms with Crippen LogP contribution in [0.1, 0.15) is 12.8 Å². The second-order valence-electron chi connectivity index (χ2n) is 4.69. The van der Waals surface area contributed by atoms with Crippen LogP contribution < -0.4 is 9.50 Å². The second kappa shape index (κ2) is 5.02. The van der Waals surface area contributed by atoms with Crippen LogP contribution in [0.2, 0.25) is 0 Å². The van der Waals surface area contributed by atoms with Gasteiger partial charge in [-0.05, 0) is 12.8 Å². The largest absolute Gasteiger partial charge is 0.488 e. The quantitative estimate of drug-likeness (QED) is 0.790. The smallest absolute Gasteiger partial charge is 0.357 e. The SMILES string of the molecule is O=C(Nc1cncc(OS(=O)(=O)F)c1)C1(n2nccn2)CC1. The number of carbonyl (C=O) groups excluding carboxylic acids is 1. The molecule has 1 N–H and O–H groups in total. The number of rotatable bonds is 5. The molecular formula is C11H10FN5O4S. The lowest BCUT2D eigenvalue weighted by atomic mass is 10.2. The minimum absolute atomic E-state index is 0.171. The van der Waals surface area contributed by atoms with E-state index in [1.54, 1.807) is 0 Å². The van der Waals surface area contributed by atoms with Crippen LogP contribution in [0.15, 0.2) is 30.9 Å². The van der Waals surface area contributed by atoms with Gasteiger partial charge in [0.05, 0.1) is 30.5 Å². The van der Waals surface area contributed by atoms with E-state index in [-0.39, 0.29) is 17.3 Å². The van der Waals surface area contributed by atoms with E-state index in [0.717, 1.165) is 12.3 Å². The van der Waals surface area contributed by atoms with Gasteiger partial charge in [0, 0.05) is 6.07 Å². The third kappa shape index (κ3) is 2.88. The van der Waals surface area contributed by atoms with Crippen molar-refractivity contribution in [2.24, 2.45) is 0 Å². The molecule has 3 rings (SSSR count). The Bertz CT molecular complexity index is 804. The first kappa shape index (κ1) is 14.4. The van der Waals surface area contributed by atoms with Crippen LogP contribution in [0.25, 0.3) is 0 Å². The molecular weight excluding hydrogens is 317 g/mol. The molecule has 0 aliphatic heterocycles. The zero-order valence-corrected chi connectivity index (χ0v) is 11.8. The van der Waals surface area contributed by atoms with E-state index in [1.165, 1.54) is 23.4 Å². The lowest BCUT2D eigenvalue weighted by Gasteiger charge is -2.14. The Hall–Kier alpha value is -2.56. The first-order valence-corrected chi connectivity index (χ1v) is 7.47. The van der Waals surface area contributed by atoms with E-state index in [1.807, 2.05) is 0 Å². The Kier molecular flexibility index (Phi) is 3.28. The van der Waals surface area contributed by atoms with Gasteiger partial charge in [-0.3, -0.25) is 9.78 Å². The highest BCUT2D eigenvalue weighted by atomic mass is 32.3. The first-order chi connectivity index (χ1) is 10.4. The number of hydrogen-bond acceptors (Lipinski definition) is 7. The molecule has 0 bridgehead atoms. The predicted molar refractivity (Wildman–Crippen MR) is 70.8 cm³/mol. The van der Waals surface area contributed by atoms with Crippen molar-refractivity contribution in [1.82, 2.24) is 20.0 Å². The fourth-order valence-corrected chi connectivity index (χ4v) is 2.29. The number of pyridine rings is 1. The Morgan fingerprint density at radius 2 is 2.00 bits per heavy atom. The second-order valence-corrected chi connectivity index (χ2v) is 5.64. The number of hydrogen-bond donors (Lipinski definition) is 1. The molecule has 9 nitrogen and oxygen atoms in total. The van der Waals surface area contributed by atoms with E-state index >= 15 is 0 Å². The summed E-state index contributed by atoms with van der Waals surface area (Å²) in [7, 11) is -5.15. The summed E-state index contributed by atoms with van der Waals surface area (Å²) in [5, 5.41) is 10.5. The number of halogens is 1. The summed E-state index contributed by atoms with van der Waals surface area (Å²) < 4.78 is 37.4. The maximum Gasteiger partial charge on any atom is 0.488 e. The normalized spacial score (nSPS) is 16.0. The number of aromatic nitrogens is 4. The van der Waals surface area contributed by atoms with E-state index in [4.69, 9.17) is 0 Å². The Morgan fingerprint density at radius 3 is 2.59 bits per heavy atom. The minimum atomic E-state index is -5.15. The molecule has 2 aromatic rings. The van der Waals surface area contributed by atoms with Gasteiger partial charge in [0.1, 0.15) is 0 Å². The zero-order chi connectivity index (χ0) is 15.8. The van der Waals surface area contributed by atoms with Crippen LogP contribution in [0.4, 0.5) is 9.57 Å². The highest BCUT2D eigenvalue weighted by Crippen LogP contribution is 2.43. The van der Waals surface area contributed by atoms with Crippen molar-refractivity contribution in [3.8, 4) is 5.75 Å². The predicted octanol–water partition coefficient (Wildman–Crippen LogP) is 0.394. The summed E-state index contributed by atoms with van der Waals surface area (Å²) in [6.07, 6.45) is 6.38. The Labute approximate surface area is 124 Å². The molecule has 116 valence electrons. The van der Waals surface area contributed by atoms with Crippen LogP contribution in [0, 0.1) is 0 Å². The molecule has 22 heavy (non-hydrogen) atoms. The summed E-state index contributed by atoms with van der Waals surface area (Å²) in [4.78, 5) is 17.3. The van der Waals surface area contributed by atoms with Gasteiger partial charge < -0.3 is 9.50 Å². The van der Waals surface area contributed by atoms with Crippen molar-refractivity contribution < 1.29 is 21.3 Å². The number of amides is 1. The molecule has 2 heterocycles. The monoisotopic (exact) mass is 327 g/mol. The molecule has 0 saturated heterocycles. The average molecular weight is 327 g/mol. The van der Waals surface area contributed by atoms with E-state index < -0.39 is 16.0 Å². The molecule has 1 saturated carbocycles. The molecule has 0 aromatic carbocycles. The zero-order valence-electron chi connectivity index (χ0n) is 11.0. The molecule has 1 aliphatic carbocycles. The van der Waals surface area contributed by atoms with Gasteiger partial charge in [-0.2, -0.15) is 23.4 Å². The Balaban J connectivity index is 1.76. The van der Waals surface area contributed by atoms with Gasteiger partial charge in [0.2, 0.25) is 0 Å². The molecule has 2 aromatic heterocycles. The molecule has 1 fully saturated rings. The minimum Gasteiger partial charge on any atom is -0.357 e. The van der Waals surface area contributed by atoms with Crippen molar-refractivity contribution in [3.05, 3.63) is 30.9 Å². The fraction of sp³-hybridized carbons (Fsp3) is 0.273. The molecule has 0 radical (unpaired) electrons. The summed E-state index contributed by atoms with van der Waals surface area (Å²) >= 11 is 0. The standard InChI is InChI=1S/C11H10FN5O4S/c12-22(19,20)21-9-5-8(6-13-7-9)16-10(18)11(1-2-11)17-14-3-4-15-17/h3-7H,1-2H2,(H,16,18). The van der Waals surface area contributed by atoms with Gasteiger partial charge in [0.15, 0.2) is 11.3 Å². The van der Waals surface area contributed by atoms with Crippen LogP contribution in [-0.2, 0) is 20.8 Å². The van der Waals surface area contributed by atoms with Crippen LogP contribution in [0.5, 0.6) is 5.75 Å². The van der Waals surface area contributed by atoms with E-state index in [0.29, 0.717) is 12.8 Å². The number of anilines is 1. The van der Waals surface area contributed by atoms with Crippen molar-refractivity contribution in [3.63, 3.8) is 0 Å². The molecule has 0 unspecified atom stereocenters. The van der Waals surface area contributed by atoms with Gasteiger partial charge >= 0.3 is 10.5 Å². The van der Waals surface area contributed by atoms with E-state index in [2.05, 4.69) is 24.7 Å². The number of nitrogens with one attached hydrogen (secondary N) is 1. The van der Waals surface area contributed by atoms with Gasteiger partial charge in [-0.25, -0.2) is 0 Å². The van der Waals surface area contributed by atoms with Crippen molar-refractivity contribution >= 4 is 22.1 Å². The van der Waals surface area contributed by atoms with Gasteiger partial charge in [-0.15, -0.1) is 0 Å². The third-order valence-electron chi connectivity index (χ3n) is 3.11. The van der Waals surface area contributed by atoms with Crippen molar-refractivity contribution in [2.75, 3.05) is 5.32 Å². The lowest BCUT2D eigenvalue weighted by molar-refractivity contribution is -0.121. The van der Waals surface area contributed by atoms with Crippen molar-refractivity contribution in [2.45, 2.75) is 18.4 Å². The van der Waals surface area contributed by atoms with Crippen LogP contribution in [-0.4, -0.2) is 34.3 Å². The summed E-state index contributed by atoms with van der Waals surface area (Å²) in [5.74, 6) is -0.715. The molecule has 1 amide bonds. The highest BCUT2D eigenvalue weighted by molar-refractivity contribution is 7.81. The molecule has 11 heteroatoms. The Morgan fingerprint density at radius 1 is 1.32 bits per heavy atom. The van der Waals surface area contributed by atoms with Crippen molar-refractivity contribution in [1.29, 1.82) is 0 Å². The average Bonchev–Trinajstić information content (AvgIpc) is 3.05.